The SMILES string of the molecule is Cc1cnc(CC2(C#N)CCN(C(=O)OC(C)(C)C)CC2)c(Br)c1. The largest absolute Gasteiger partial charge is 0.444 e. The summed E-state index contributed by atoms with van der Waals surface area (Å²) >= 11 is 3.54. The molecule has 1 aromatic rings. The van der Waals surface area contributed by atoms with Gasteiger partial charge in [-0.1, -0.05) is 0 Å². The first kappa shape index (κ1) is 18.7. The van der Waals surface area contributed by atoms with Gasteiger partial charge < -0.3 is 9.64 Å². The Morgan fingerprint density at radius 3 is 2.58 bits per heavy atom. The number of carbonyl (C=O) groups excluding carboxylic acids is 1. The number of carbonyl (C=O) groups is 1. The van der Waals surface area contributed by atoms with Crippen LogP contribution in [0.3, 0.4) is 0 Å². The van der Waals surface area contributed by atoms with E-state index < -0.39 is 11.0 Å². The second kappa shape index (κ2) is 7.10. The van der Waals surface area contributed by atoms with Gasteiger partial charge in [0.25, 0.3) is 0 Å². The molecule has 6 heteroatoms. The van der Waals surface area contributed by atoms with Gasteiger partial charge in [-0.25, -0.2) is 4.79 Å². The zero-order valence-corrected chi connectivity index (χ0v) is 16.3. The van der Waals surface area contributed by atoms with E-state index >= 15 is 0 Å². The number of aromatic nitrogens is 1. The van der Waals surface area contributed by atoms with E-state index in [1.165, 1.54) is 0 Å². The van der Waals surface area contributed by atoms with Crippen LogP contribution in [0, 0.1) is 23.7 Å². The van der Waals surface area contributed by atoms with Crippen molar-refractivity contribution in [3.05, 3.63) is 28.0 Å². The van der Waals surface area contributed by atoms with E-state index in [0.717, 1.165) is 15.7 Å². The molecule has 2 heterocycles. The fraction of sp³-hybridized carbons (Fsp3) is 0.611. The molecule has 1 saturated heterocycles. The van der Waals surface area contributed by atoms with Crippen LogP contribution in [-0.2, 0) is 11.2 Å². The molecular formula is C18H24BrN3O2. The van der Waals surface area contributed by atoms with Gasteiger partial charge in [0, 0.05) is 30.2 Å². The van der Waals surface area contributed by atoms with Crippen LogP contribution in [0.4, 0.5) is 4.79 Å². The van der Waals surface area contributed by atoms with Crippen LogP contribution in [0.25, 0.3) is 0 Å². The monoisotopic (exact) mass is 393 g/mol. The van der Waals surface area contributed by atoms with E-state index in [0.29, 0.717) is 32.4 Å². The van der Waals surface area contributed by atoms with E-state index in [-0.39, 0.29) is 6.09 Å². The maximum absolute atomic E-state index is 12.2. The summed E-state index contributed by atoms with van der Waals surface area (Å²) in [6, 6.07) is 4.49. The number of rotatable bonds is 2. The Bertz CT molecular complexity index is 653. The number of pyridine rings is 1. The molecule has 0 bridgehead atoms. The van der Waals surface area contributed by atoms with Gasteiger partial charge in [-0.2, -0.15) is 5.26 Å². The van der Waals surface area contributed by atoms with Crippen molar-refractivity contribution in [1.29, 1.82) is 5.26 Å². The predicted molar refractivity (Wildman–Crippen MR) is 95.5 cm³/mol. The smallest absolute Gasteiger partial charge is 0.410 e. The molecule has 130 valence electrons. The molecule has 1 amide bonds. The Morgan fingerprint density at radius 2 is 2.08 bits per heavy atom. The topological polar surface area (TPSA) is 66.2 Å². The van der Waals surface area contributed by atoms with Gasteiger partial charge in [-0.05, 0) is 68.1 Å². The number of hydrogen-bond donors (Lipinski definition) is 0. The Hall–Kier alpha value is -1.61. The highest BCUT2D eigenvalue weighted by Crippen LogP contribution is 2.36. The third-order valence-corrected chi connectivity index (χ3v) is 4.86. The zero-order chi connectivity index (χ0) is 18.0. The van der Waals surface area contributed by atoms with Crippen LogP contribution >= 0.6 is 15.9 Å². The molecule has 0 aliphatic carbocycles. The molecule has 2 rings (SSSR count). The van der Waals surface area contributed by atoms with E-state index in [2.05, 4.69) is 27.0 Å². The summed E-state index contributed by atoms with van der Waals surface area (Å²) in [4.78, 5) is 18.3. The molecule has 0 spiro atoms. The molecule has 1 aliphatic heterocycles. The summed E-state index contributed by atoms with van der Waals surface area (Å²) in [5.41, 5.74) is 0.991. The maximum Gasteiger partial charge on any atom is 0.410 e. The zero-order valence-electron chi connectivity index (χ0n) is 14.7. The Labute approximate surface area is 152 Å². The number of hydrogen-bond acceptors (Lipinski definition) is 4. The molecule has 1 aromatic heterocycles. The van der Waals surface area contributed by atoms with Gasteiger partial charge in [0.05, 0.1) is 17.2 Å². The summed E-state index contributed by atoms with van der Waals surface area (Å²) in [7, 11) is 0. The van der Waals surface area contributed by atoms with Crippen molar-refractivity contribution in [3.63, 3.8) is 0 Å². The molecule has 0 saturated carbocycles. The minimum atomic E-state index is -0.502. The molecule has 24 heavy (non-hydrogen) atoms. The molecular weight excluding hydrogens is 370 g/mol. The first-order valence-corrected chi connectivity index (χ1v) is 8.94. The van der Waals surface area contributed by atoms with Crippen molar-refractivity contribution in [2.24, 2.45) is 5.41 Å². The number of nitriles is 1. The van der Waals surface area contributed by atoms with Crippen LogP contribution in [-0.4, -0.2) is 34.7 Å². The normalized spacial score (nSPS) is 17.2. The molecule has 0 atom stereocenters. The summed E-state index contributed by atoms with van der Waals surface area (Å²) in [6.07, 6.45) is 3.37. The van der Waals surface area contributed by atoms with Crippen molar-refractivity contribution in [3.8, 4) is 6.07 Å². The van der Waals surface area contributed by atoms with Gasteiger partial charge in [-0.3, -0.25) is 4.98 Å². The molecule has 5 nitrogen and oxygen atoms in total. The number of nitrogens with zero attached hydrogens (tertiary/aromatic N) is 3. The number of halogens is 1. The van der Waals surface area contributed by atoms with Gasteiger partial charge in [-0.15, -0.1) is 0 Å². The standard InChI is InChI=1S/C18H24BrN3O2/c1-13-9-14(19)15(21-11-13)10-18(12-20)5-7-22(8-6-18)16(23)24-17(2,3)4/h9,11H,5-8,10H2,1-4H3. The first-order chi connectivity index (χ1) is 11.1. The van der Waals surface area contributed by atoms with Crippen molar-refractivity contribution in [2.45, 2.75) is 52.6 Å². The quantitative estimate of drug-likeness (QED) is 0.753. The van der Waals surface area contributed by atoms with Crippen LogP contribution in [0.2, 0.25) is 0 Å². The second-order valence-electron chi connectivity index (χ2n) is 7.48. The van der Waals surface area contributed by atoms with Crippen molar-refractivity contribution >= 4 is 22.0 Å². The van der Waals surface area contributed by atoms with Gasteiger partial charge in [0.2, 0.25) is 0 Å². The fourth-order valence-electron chi connectivity index (χ4n) is 2.78. The number of likely N-dealkylation sites (tertiary alicyclic amines) is 1. The number of amides is 1. The Balaban J connectivity index is 2.04. The first-order valence-electron chi connectivity index (χ1n) is 8.14. The lowest BCUT2D eigenvalue weighted by atomic mass is 9.76. The van der Waals surface area contributed by atoms with Crippen molar-refractivity contribution in [2.75, 3.05) is 13.1 Å². The minimum Gasteiger partial charge on any atom is -0.444 e. The second-order valence-corrected chi connectivity index (χ2v) is 8.33. The maximum atomic E-state index is 12.2. The number of ether oxygens (including phenoxy) is 1. The summed E-state index contributed by atoms with van der Waals surface area (Å²) in [6.45, 7) is 8.62. The molecule has 0 unspecified atom stereocenters. The highest BCUT2D eigenvalue weighted by Gasteiger charge is 2.38. The Morgan fingerprint density at radius 1 is 1.46 bits per heavy atom. The van der Waals surface area contributed by atoms with E-state index in [9.17, 15) is 10.1 Å². The predicted octanol–water partition coefficient (Wildman–Crippen LogP) is 4.24. The lowest BCUT2D eigenvalue weighted by Crippen LogP contribution is -2.45. The van der Waals surface area contributed by atoms with Crippen molar-refractivity contribution < 1.29 is 9.53 Å². The average Bonchev–Trinajstić information content (AvgIpc) is 2.49. The molecule has 1 fully saturated rings. The van der Waals surface area contributed by atoms with Crippen LogP contribution in [0.1, 0.15) is 44.9 Å². The van der Waals surface area contributed by atoms with E-state index in [1.54, 1.807) is 4.90 Å². The van der Waals surface area contributed by atoms with E-state index in [1.807, 2.05) is 40.0 Å². The summed E-state index contributed by atoms with van der Waals surface area (Å²) in [5, 5.41) is 9.73. The van der Waals surface area contributed by atoms with E-state index in [4.69, 9.17) is 4.74 Å². The Kier molecular flexibility index (Phi) is 5.54. The third kappa shape index (κ3) is 4.70. The summed E-state index contributed by atoms with van der Waals surface area (Å²) < 4.78 is 6.35. The highest BCUT2D eigenvalue weighted by atomic mass is 79.9. The molecule has 0 aromatic carbocycles. The molecule has 0 radical (unpaired) electrons. The van der Waals surface area contributed by atoms with Gasteiger partial charge >= 0.3 is 6.09 Å². The highest BCUT2D eigenvalue weighted by molar-refractivity contribution is 9.10. The third-order valence-electron chi connectivity index (χ3n) is 4.17. The molecule has 1 aliphatic rings. The average molecular weight is 394 g/mol. The summed E-state index contributed by atoms with van der Waals surface area (Å²) in [5.74, 6) is 0. The fourth-order valence-corrected chi connectivity index (χ4v) is 3.39. The van der Waals surface area contributed by atoms with Gasteiger partial charge in [0.15, 0.2) is 0 Å². The lowest BCUT2D eigenvalue weighted by Gasteiger charge is -2.37. The minimum absolute atomic E-state index is 0.302. The van der Waals surface area contributed by atoms with Crippen LogP contribution < -0.4 is 0 Å². The van der Waals surface area contributed by atoms with Crippen LogP contribution in [0.5, 0.6) is 0 Å². The number of aryl methyl sites for hydroxylation is 1. The van der Waals surface area contributed by atoms with Crippen LogP contribution in [0.15, 0.2) is 16.7 Å². The van der Waals surface area contributed by atoms with Gasteiger partial charge in [0.1, 0.15) is 5.60 Å². The lowest BCUT2D eigenvalue weighted by molar-refractivity contribution is 0.0148. The van der Waals surface area contributed by atoms with Crippen molar-refractivity contribution in [1.82, 2.24) is 9.88 Å². The number of piperidine rings is 1. The molecule has 0 N–H and O–H groups in total.